The van der Waals surface area contributed by atoms with Gasteiger partial charge in [-0.3, -0.25) is 0 Å². The van der Waals surface area contributed by atoms with Gasteiger partial charge < -0.3 is 0 Å². The third-order valence-electron chi connectivity index (χ3n) is 9.10. The molecule has 0 aliphatic heterocycles. The van der Waals surface area contributed by atoms with Gasteiger partial charge in [-0.2, -0.15) is 0 Å². The maximum atomic E-state index is 2.53. The molecule has 0 bridgehead atoms. The van der Waals surface area contributed by atoms with E-state index in [2.05, 4.69) is 144 Å². The van der Waals surface area contributed by atoms with Crippen LogP contribution in [0.4, 0.5) is 0 Å². The van der Waals surface area contributed by atoms with E-state index in [0.29, 0.717) is 0 Å². The van der Waals surface area contributed by atoms with Crippen molar-refractivity contribution in [2.24, 2.45) is 0 Å². The standard InChI is InChI=1S/C40H46/c1-37(2,3)25-18-23-14-13-15-27-33(23)28(21-25)29-22-26(38(4,5)6)19-24-20-30-31(39(7,8)9)16-17-32(40(10,11)12)35(30)36(27)34(24)29/h13-22H,1-12H3. The second-order valence-electron chi connectivity index (χ2n) is 16.4. The highest BCUT2D eigenvalue weighted by atomic mass is 14.3. The molecule has 0 aliphatic rings. The molecule has 0 saturated carbocycles. The molecule has 206 valence electrons. The number of hydrogen-bond acceptors (Lipinski definition) is 0. The first kappa shape index (κ1) is 27.1. The maximum absolute atomic E-state index is 2.53. The lowest BCUT2D eigenvalue weighted by atomic mass is 9.74. The second kappa shape index (κ2) is 8.22. The van der Waals surface area contributed by atoms with E-state index in [9.17, 15) is 0 Å². The van der Waals surface area contributed by atoms with E-state index in [4.69, 9.17) is 0 Å². The SMILES string of the molecule is CC(C)(C)c1cc2cccc3c2c(c1)c1cc(C(C)(C)C)cc2cc4c(C(C)(C)C)ccc(C(C)(C)C)c4c3c21. The van der Waals surface area contributed by atoms with E-state index in [1.54, 1.807) is 0 Å². The molecule has 0 radical (unpaired) electrons. The number of rotatable bonds is 0. The van der Waals surface area contributed by atoms with Crippen LogP contribution < -0.4 is 0 Å². The Hall–Kier alpha value is -3.12. The highest BCUT2D eigenvalue weighted by Crippen LogP contribution is 2.49. The van der Waals surface area contributed by atoms with Crippen LogP contribution in [0, 0.1) is 0 Å². The van der Waals surface area contributed by atoms with Gasteiger partial charge in [-0.15, -0.1) is 0 Å². The fraction of sp³-hybridized carbons (Fsp3) is 0.400. The Bertz CT molecular complexity index is 1950. The zero-order chi connectivity index (χ0) is 29.2. The van der Waals surface area contributed by atoms with E-state index in [0.717, 1.165) is 0 Å². The molecule has 0 fully saturated rings. The van der Waals surface area contributed by atoms with Crippen molar-refractivity contribution < 1.29 is 0 Å². The van der Waals surface area contributed by atoms with Crippen LogP contribution in [-0.4, -0.2) is 0 Å². The van der Waals surface area contributed by atoms with Crippen LogP contribution in [-0.2, 0) is 21.7 Å². The number of fused-ring (bicyclic) bond motifs is 4. The van der Waals surface area contributed by atoms with Crippen molar-refractivity contribution in [3.8, 4) is 0 Å². The van der Waals surface area contributed by atoms with Crippen molar-refractivity contribution in [2.75, 3.05) is 0 Å². The van der Waals surface area contributed by atoms with Crippen LogP contribution in [0.1, 0.15) is 105 Å². The van der Waals surface area contributed by atoms with Gasteiger partial charge in [-0.25, -0.2) is 0 Å². The minimum absolute atomic E-state index is 0.0224. The molecule has 0 amide bonds. The molecule has 0 N–H and O–H groups in total. The molecule has 6 rings (SSSR count). The molecule has 0 heterocycles. The summed E-state index contributed by atoms with van der Waals surface area (Å²) in [6.07, 6.45) is 0. The fourth-order valence-electron chi connectivity index (χ4n) is 6.85. The third kappa shape index (κ3) is 4.01. The average Bonchev–Trinajstić information content (AvgIpc) is 2.82. The van der Waals surface area contributed by atoms with Crippen molar-refractivity contribution >= 4 is 53.9 Å². The van der Waals surface area contributed by atoms with Crippen molar-refractivity contribution in [2.45, 2.75) is 105 Å². The van der Waals surface area contributed by atoms with Gasteiger partial charge in [0.25, 0.3) is 0 Å². The molecule has 6 aromatic rings. The molecule has 0 aliphatic carbocycles. The zero-order valence-corrected chi connectivity index (χ0v) is 26.8. The van der Waals surface area contributed by atoms with Crippen LogP contribution in [0.5, 0.6) is 0 Å². The van der Waals surface area contributed by atoms with E-state index >= 15 is 0 Å². The summed E-state index contributed by atoms with van der Waals surface area (Å²) in [5, 5.41) is 14.0. The lowest BCUT2D eigenvalue weighted by molar-refractivity contribution is 0.585. The normalized spacial score (nSPS) is 14.0. The summed E-state index contributed by atoms with van der Waals surface area (Å²) in [4.78, 5) is 0. The second-order valence-corrected chi connectivity index (χ2v) is 16.4. The molecule has 0 nitrogen and oxygen atoms in total. The Morgan fingerprint density at radius 2 is 0.875 bits per heavy atom. The molecule has 6 aromatic carbocycles. The smallest absolute Gasteiger partial charge is 0.00110 e. The van der Waals surface area contributed by atoms with Gasteiger partial charge in [0.1, 0.15) is 0 Å². The molecule has 40 heavy (non-hydrogen) atoms. The van der Waals surface area contributed by atoms with Crippen LogP contribution in [0.2, 0.25) is 0 Å². The fourth-order valence-corrected chi connectivity index (χ4v) is 6.85. The minimum atomic E-state index is 0.0224. The highest BCUT2D eigenvalue weighted by molar-refractivity contribution is 6.38. The van der Waals surface area contributed by atoms with Crippen LogP contribution in [0.25, 0.3) is 53.9 Å². The summed E-state index contributed by atoms with van der Waals surface area (Å²) >= 11 is 0. The number of benzene rings is 6. The quantitative estimate of drug-likeness (QED) is 0.136. The largest absolute Gasteiger partial charge is 0.0610 e. The van der Waals surface area contributed by atoms with Gasteiger partial charge in [0, 0.05) is 0 Å². The Balaban J connectivity index is 2.03. The number of hydrogen-bond donors (Lipinski definition) is 0. The first-order valence-electron chi connectivity index (χ1n) is 15.0. The predicted molar refractivity (Wildman–Crippen MR) is 180 cm³/mol. The third-order valence-corrected chi connectivity index (χ3v) is 9.10. The molecule has 0 heteroatoms. The Labute approximate surface area is 241 Å². The molecular formula is C40H46. The predicted octanol–water partition coefficient (Wildman–Crippen LogP) is 12.1. The Morgan fingerprint density at radius 1 is 0.350 bits per heavy atom. The van der Waals surface area contributed by atoms with Gasteiger partial charge in [0.05, 0.1) is 0 Å². The van der Waals surface area contributed by atoms with E-state index in [-0.39, 0.29) is 21.7 Å². The minimum Gasteiger partial charge on any atom is -0.0610 e. The van der Waals surface area contributed by atoms with Gasteiger partial charge in [-0.1, -0.05) is 126 Å². The lowest BCUT2D eigenvalue weighted by Gasteiger charge is -2.30. The maximum Gasteiger partial charge on any atom is -0.00110 e. The molecule has 0 unspecified atom stereocenters. The van der Waals surface area contributed by atoms with E-state index in [1.165, 1.54) is 76.1 Å². The summed E-state index contributed by atoms with van der Waals surface area (Å²) in [7, 11) is 0. The highest BCUT2D eigenvalue weighted by Gasteiger charge is 2.28. The van der Waals surface area contributed by atoms with Crippen molar-refractivity contribution in [1.29, 1.82) is 0 Å². The molecule has 0 atom stereocenters. The summed E-state index contributed by atoms with van der Waals surface area (Å²) in [5.74, 6) is 0. The summed E-state index contributed by atoms with van der Waals surface area (Å²) in [6.45, 7) is 28.2. The van der Waals surface area contributed by atoms with Crippen molar-refractivity contribution in [3.05, 3.63) is 82.9 Å². The molecule has 0 aromatic heterocycles. The van der Waals surface area contributed by atoms with Gasteiger partial charge in [-0.05, 0) is 116 Å². The summed E-state index contributed by atoms with van der Waals surface area (Å²) < 4.78 is 0. The lowest BCUT2D eigenvalue weighted by Crippen LogP contribution is -2.16. The first-order chi connectivity index (χ1) is 18.4. The zero-order valence-electron chi connectivity index (χ0n) is 26.8. The van der Waals surface area contributed by atoms with Crippen molar-refractivity contribution in [1.82, 2.24) is 0 Å². The topological polar surface area (TPSA) is 0 Å². The van der Waals surface area contributed by atoms with Gasteiger partial charge in [0.2, 0.25) is 0 Å². The Kier molecular flexibility index (Phi) is 5.56. The summed E-state index contributed by atoms with van der Waals surface area (Å²) in [6, 6.07) is 24.3. The van der Waals surface area contributed by atoms with E-state index in [1.807, 2.05) is 0 Å². The Morgan fingerprint density at radius 3 is 1.43 bits per heavy atom. The average molecular weight is 527 g/mol. The molecule has 0 saturated heterocycles. The van der Waals surface area contributed by atoms with Gasteiger partial charge in [0.15, 0.2) is 0 Å². The van der Waals surface area contributed by atoms with Crippen LogP contribution in [0.15, 0.2) is 60.7 Å². The molecule has 0 spiro atoms. The van der Waals surface area contributed by atoms with Crippen LogP contribution >= 0.6 is 0 Å². The van der Waals surface area contributed by atoms with Crippen LogP contribution in [0.3, 0.4) is 0 Å². The van der Waals surface area contributed by atoms with Gasteiger partial charge >= 0.3 is 0 Å². The summed E-state index contributed by atoms with van der Waals surface area (Å²) in [5.41, 5.74) is 5.86. The van der Waals surface area contributed by atoms with E-state index < -0.39 is 0 Å². The molecular weight excluding hydrogens is 480 g/mol. The van der Waals surface area contributed by atoms with Crippen molar-refractivity contribution in [3.63, 3.8) is 0 Å². The first-order valence-corrected chi connectivity index (χ1v) is 15.0. The monoisotopic (exact) mass is 526 g/mol.